The lowest BCUT2D eigenvalue weighted by Crippen LogP contribution is -2.24. The Labute approximate surface area is 147 Å². The molecule has 0 fully saturated rings. The van der Waals surface area contributed by atoms with Gasteiger partial charge in [0.15, 0.2) is 0 Å². The van der Waals surface area contributed by atoms with Crippen LogP contribution >= 0.6 is 0 Å². The Hall–Kier alpha value is -1.64. The monoisotopic (exact) mass is 325 g/mol. The summed E-state index contributed by atoms with van der Waals surface area (Å²) in [7, 11) is 0. The number of hydrogen-bond acceptors (Lipinski definition) is 2. The third-order valence-electron chi connectivity index (χ3n) is 4.26. The molecule has 0 unspecified atom stereocenters. The second-order valence-corrected chi connectivity index (χ2v) is 6.94. The summed E-state index contributed by atoms with van der Waals surface area (Å²) < 4.78 is 6.36. The topological polar surface area (TPSA) is 21.3 Å². The Kier molecular flexibility index (Phi) is 7.01. The van der Waals surface area contributed by atoms with Gasteiger partial charge in [-0.05, 0) is 56.0 Å². The van der Waals surface area contributed by atoms with Crippen LogP contribution in [-0.4, -0.2) is 19.2 Å². The Morgan fingerprint density at radius 3 is 2.17 bits per heavy atom. The van der Waals surface area contributed by atoms with Crippen LogP contribution in [0.5, 0.6) is 0 Å². The average molecular weight is 325 g/mol. The van der Waals surface area contributed by atoms with Crippen molar-refractivity contribution in [3.63, 3.8) is 0 Å². The van der Waals surface area contributed by atoms with Gasteiger partial charge >= 0.3 is 0 Å². The molecule has 2 nitrogen and oxygen atoms in total. The van der Waals surface area contributed by atoms with Gasteiger partial charge in [-0.1, -0.05) is 61.9 Å². The zero-order chi connectivity index (χ0) is 17.5. The van der Waals surface area contributed by atoms with Crippen molar-refractivity contribution in [2.75, 3.05) is 13.2 Å². The van der Waals surface area contributed by atoms with Crippen LogP contribution in [0, 0.1) is 20.8 Å². The van der Waals surface area contributed by atoms with Crippen molar-refractivity contribution >= 4 is 0 Å². The first-order valence-corrected chi connectivity index (χ1v) is 8.96. The summed E-state index contributed by atoms with van der Waals surface area (Å²) >= 11 is 0. The summed E-state index contributed by atoms with van der Waals surface area (Å²) in [6, 6.07) is 15.6. The summed E-state index contributed by atoms with van der Waals surface area (Å²) in [6.45, 7) is 12.6. The number of aryl methyl sites for hydroxylation is 3. The third-order valence-corrected chi connectivity index (χ3v) is 4.26. The molecular formula is C22H31NO. The molecule has 0 aliphatic heterocycles. The fourth-order valence-corrected chi connectivity index (χ4v) is 3.24. The zero-order valence-electron chi connectivity index (χ0n) is 15.7. The Morgan fingerprint density at radius 2 is 1.58 bits per heavy atom. The van der Waals surface area contributed by atoms with E-state index < -0.39 is 0 Å². The molecule has 2 rings (SSSR count). The first-order chi connectivity index (χ1) is 11.5. The predicted molar refractivity (Wildman–Crippen MR) is 103 cm³/mol. The van der Waals surface area contributed by atoms with Crippen molar-refractivity contribution in [1.29, 1.82) is 0 Å². The quantitative estimate of drug-likeness (QED) is 0.681. The Morgan fingerprint density at radius 1 is 0.958 bits per heavy atom. The molecule has 130 valence electrons. The number of hydrogen-bond donors (Lipinski definition) is 1. The van der Waals surface area contributed by atoms with Crippen LogP contribution in [0.3, 0.4) is 0 Å². The summed E-state index contributed by atoms with van der Waals surface area (Å²) in [5.41, 5.74) is 6.46. The van der Waals surface area contributed by atoms with Gasteiger partial charge in [-0.25, -0.2) is 0 Å². The highest BCUT2D eigenvalue weighted by atomic mass is 16.5. The molecule has 2 heteroatoms. The van der Waals surface area contributed by atoms with Gasteiger partial charge < -0.3 is 10.1 Å². The fraction of sp³-hybridized carbons (Fsp3) is 0.455. The van der Waals surface area contributed by atoms with E-state index in [9.17, 15) is 0 Å². The number of benzene rings is 2. The summed E-state index contributed by atoms with van der Waals surface area (Å²) in [6.07, 6.45) is 1.02. The molecular weight excluding hydrogens is 294 g/mol. The van der Waals surface area contributed by atoms with Crippen LogP contribution in [0.25, 0.3) is 0 Å². The maximum atomic E-state index is 6.36. The van der Waals surface area contributed by atoms with E-state index in [4.69, 9.17) is 4.74 Å². The molecule has 0 amide bonds. The lowest BCUT2D eigenvalue weighted by Gasteiger charge is -2.23. The highest BCUT2D eigenvalue weighted by Gasteiger charge is 2.19. The van der Waals surface area contributed by atoms with Gasteiger partial charge in [-0.15, -0.1) is 0 Å². The van der Waals surface area contributed by atoms with E-state index in [-0.39, 0.29) is 6.10 Å². The van der Waals surface area contributed by atoms with Crippen LogP contribution < -0.4 is 5.32 Å². The minimum absolute atomic E-state index is 0.00542. The smallest absolute Gasteiger partial charge is 0.108 e. The van der Waals surface area contributed by atoms with Crippen molar-refractivity contribution in [1.82, 2.24) is 5.32 Å². The molecule has 0 aromatic heterocycles. The molecule has 0 radical (unpaired) electrons. The fourth-order valence-electron chi connectivity index (χ4n) is 3.24. The van der Waals surface area contributed by atoms with Crippen molar-refractivity contribution in [3.8, 4) is 0 Å². The second-order valence-electron chi connectivity index (χ2n) is 6.94. The summed E-state index contributed by atoms with van der Waals surface area (Å²) in [5.74, 6) is 0. The van der Waals surface area contributed by atoms with E-state index in [1.807, 2.05) is 0 Å². The minimum Gasteiger partial charge on any atom is -0.369 e. The molecule has 0 aliphatic carbocycles. The summed E-state index contributed by atoms with van der Waals surface area (Å²) in [4.78, 5) is 0. The number of ether oxygens (including phenoxy) is 1. The molecule has 0 spiro atoms. The van der Waals surface area contributed by atoms with Crippen molar-refractivity contribution in [2.24, 2.45) is 0 Å². The van der Waals surface area contributed by atoms with E-state index in [2.05, 4.69) is 82.4 Å². The third kappa shape index (κ3) is 5.19. The molecule has 1 N–H and O–H groups in total. The van der Waals surface area contributed by atoms with Gasteiger partial charge in [0.1, 0.15) is 6.10 Å². The molecule has 0 aliphatic rings. The van der Waals surface area contributed by atoms with Crippen LogP contribution in [0.15, 0.2) is 42.5 Å². The van der Waals surface area contributed by atoms with Crippen LogP contribution in [0.1, 0.15) is 54.2 Å². The van der Waals surface area contributed by atoms with E-state index in [1.165, 1.54) is 27.8 Å². The zero-order valence-corrected chi connectivity index (χ0v) is 15.7. The normalized spacial score (nSPS) is 12.6. The van der Waals surface area contributed by atoms with Crippen molar-refractivity contribution < 1.29 is 4.74 Å². The van der Waals surface area contributed by atoms with E-state index in [0.717, 1.165) is 19.6 Å². The maximum absolute atomic E-state index is 6.36. The molecule has 24 heavy (non-hydrogen) atoms. The Balaban J connectivity index is 2.19. The highest BCUT2D eigenvalue weighted by molar-refractivity contribution is 5.43. The molecule has 0 heterocycles. The van der Waals surface area contributed by atoms with Gasteiger partial charge in [-0.2, -0.15) is 0 Å². The number of rotatable bonds is 8. The van der Waals surface area contributed by atoms with Gasteiger partial charge in [0.2, 0.25) is 0 Å². The molecule has 0 saturated heterocycles. The van der Waals surface area contributed by atoms with Gasteiger partial charge in [0.25, 0.3) is 0 Å². The summed E-state index contributed by atoms with van der Waals surface area (Å²) in [5, 5.41) is 3.45. The molecule has 2 aromatic rings. The van der Waals surface area contributed by atoms with Crippen molar-refractivity contribution in [3.05, 3.63) is 70.3 Å². The number of nitrogens with one attached hydrogen (secondary N) is 1. The van der Waals surface area contributed by atoms with Crippen LogP contribution in [0.2, 0.25) is 0 Å². The molecule has 0 saturated carbocycles. The van der Waals surface area contributed by atoms with Gasteiger partial charge in [0.05, 0.1) is 0 Å². The lowest BCUT2D eigenvalue weighted by atomic mass is 9.92. The predicted octanol–water partition coefficient (Wildman–Crippen LogP) is 5.11. The van der Waals surface area contributed by atoms with E-state index >= 15 is 0 Å². The molecule has 1 atom stereocenters. The average Bonchev–Trinajstić information content (AvgIpc) is 2.52. The Bertz CT molecular complexity index is 611. The highest BCUT2D eigenvalue weighted by Crippen LogP contribution is 2.31. The molecule has 2 aromatic carbocycles. The van der Waals surface area contributed by atoms with Crippen LogP contribution in [0.4, 0.5) is 0 Å². The standard InChI is InChI=1S/C22H31NO/c1-16(2)23-12-9-13-24-22(20-10-7-6-8-11-20)21-18(4)14-17(3)15-19(21)5/h6-8,10-11,14-16,22-23H,9,12-13H2,1-5H3/t22-/m1/s1. The first-order valence-electron chi connectivity index (χ1n) is 8.96. The largest absolute Gasteiger partial charge is 0.369 e. The molecule has 0 bridgehead atoms. The lowest BCUT2D eigenvalue weighted by molar-refractivity contribution is 0.0772. The first kappa shape index (κ1) is 18.7. The SMILES string of the molecule is Cc1cc(C)c([C@H](OCCCNC(C)C)c2ccccc2)c(C)c1. The second kappa shape index (κ2) is 9.00. The van der Waals surface area contributed by atoms with Crippen molar-refractivity contribution in [2.45, 2.75) is 53.2 Å². The van der Waals surface area contributed by atoms with E-state index in [1.54, 1.807) is 0 Å². The van der Waals surface area contributed by atoms with Gasteiger partial charge in [-0.3, -0.25) is 0 Å². The van der Waals surface area contributed by atoms with Crippen LogP contribution in [-0.2, 0) is 4.74 Å². The van der Waals surface area contributed by atoms with Gasteiger partial charge in [0, 0.05) is 12.6 Å². The minimum atomic E-state index is 0.00542. The van der Waals surface area contributed by atoms with E-state index in [0.29, 0.717) is 6.04 Å². The maximum Gasteiger partial charge on any atom is 0.108 e.